The van der Waals surface area contributed by atoms with Gasteiger partial charge in [0.1, 0.15) is 11.6 Å². The number of carbonyl (C=O) groups is 2. The lowest BCUT2D eigenvalue weighted by Crippen LogP contribution is -2.40. The Hall–Kier alpha value is -3.16. The molecular formula is C17H12F2N4O2. The van der Waals surface area contributed by atoms with Crippen LogP contribution in [0.15, 0.2) is 52.8 Å². The maximum absolute atomic E-state index is 13.8. The molecule has 2 aromatic carbocycles. The fourth-order valence-electron chi connectivity index (χ4n) is 2.97. The van der Waals surface area contributed by atoms with Gasteiger partial charge in [-0.3, -0.25) is 9.59 Å². The molecule has 2 aromatic rings. The van der Waals surface area contributed by atoms with Crippen LogP contribution in [0.2, 0.25) is 0 Å². The summed E-state index contributed by atoms with van der Waals surface area (Å²) in [4.78, 5) is 26.3. The Morgan fingerprint density at radius 2 is 1.80 bits per heavy atom. The van der Waals surface area contributed by atoms with Crippen molar-refractivity contribution in [1.82, 2.24) is 0 Å². The highest BCUT2D eigenvalue weighted by Crippen LogP contribution is 2.35. The van der Waals surface area contributed by atoms with E-state index >= 15 is 0 Å². The number of amides is 2. The Balaban J connectivity index is 1.71. The standard InChI is InChI=1S/C17H12F2N4O2/c1-9-5-6-11(8-13(9)19)22-16(24)14-15(17(22)25)23(21-20-14)12-4-2-3-10(18)7-12/h2-8,14-15H,1H3/t14-,15+/m1/s1. The van der Waals surface area contributed by atoms with Gasteiger partial charge in [0.25, 0.3) is 11.8 Å². The first-order chi connectivity index (χ1) is 12.0. The largest absolute Gasteiger partial charge is 0.271 e. The second-order valence-corrected chi connectivity index (χ2v) is 5.86. The van der Waals surface area contributed by atoms with Gasteiger partial charge >= 0.3 is 0 Å². The van der Waals surface area contributed by atoms with Crippen molar-refractivity contribution in [1.29, 1.82) is 0 Å². The van der Waals surface area contributed by atoms with Crippen LogP contribution in [-0.4, -0.2) is 23.9 Å². The molecule has 0 spiro atoms. The normalized spacial score (nSPS) is 22.0. The van der Waals surface area contributed by atoms with Gasteiger partial charge in [0.05, 0.1) is 11.4 Å². The zero-order valence-electron chi connectivity index (χ0n) is 13.1. The van der Waals surface area contributed by atoms with E-state index in [4.69, 9.17) is 0 Å². The number of aryl methyl sites for hydroxylation is 1. The molecule has 4 rings (SSSR count). The molecule has 1 fully saturated rings. The molecule has 2 aliphatic heterocycles. The van der Waals surface area contributed by atoms with Crippen LogP contribution < -0.4 is 9.91 Å². The highest BCUT2D eigenvalue weighted by atomic mass is 19.1. The van der Waals surface area contributed by atoms with Crippen LogP contribution in [0.1, 0.15) is 5.56 Å². The van der Waals surface area contributed by atoms with E-state index in [0.717, 1.165) is 11.0 Å². The molecule has 2 heterocycles. The van der Waals surface area contributed by atoms with Gasteiger partial charge in [-0.1, -0.05) is 17.4 Å². The lowest BCUT2D eigenvalue weighted by molar-refractivity contribution is -0.121. The molecular weight excluding hydrogens is 330 g/mol. The van der Waals surface area contributed by atoms with Crippen LogP contribution in [0.3, 0.4) is 0 Å². The number of carbonyl (C=O) groups excluding carboxylic acids is 2. The Kier molecular flexibility index (Phi) is 3.34. The summed E-state index contributed by atoms with van der Waals surface area (Å²) in [5.74, 6) is -2.17. The van der Waals surface area contributed by atoms with Crippen molar-refractivity contribution < 1.29 is 18.4 Å². The van der Waals surface area contributed by atoms with Gasteiger partial charge in [-0.15, -0.1) is 0 Å². The summed E-state index contributed by atoms with van der Waals surface area (Å²) in [6.07, 6.45) is 0. The lowest BCUT2D eigenvalue weighted by atomic mass is 10.1. The van der Waals surface area contributed by atoms with Crippen LogP contribution in [0.5, 0.6) is 0 Å². The molecule has 2 aliphatic rings. The molecule has 8 heteroatoms. The van der Waals surface area contributed by atoms with Crippen LogP contribution in [0.4, 0.5) is 20.2 Å². The molecule has 0 aliphatic carbocycles. The van der Waals surface area contributed by atoms with E-state index in [1.807, 2.05) is 0 Å². The molecule has 2 atom stereocenters. The van der Waals surface area contributed by atoms with E-state index in [1.54, 1.807) is 13.0 Å². The average molecular weight is 342 g/mol. The van der Waals surface area contributed by atoms with Crippen LogP contribution in [0.25, 0.3) is 0 Å². The number of halogens is 2. The quantitative estimate of drug-likeness (QED) is 0.788. The van der Waals surface area contributed by atoms with Gasteiger partial charge in [-0.05, 0) is 42.8 Å². The predicted octanol–water partition coefficient (Wildman–Crippen LogP) is 2.77. The molecule has 0 radical (unpaired) electrons. The zero-order chi connectivity index (χ0) is 17.7. The van der Waals surface area contributed by atoms with Crippen LogP contribution >= 0.6 is 0 Å². The summed E-state index contributed by atoms with van der Waals surface area (Å²) in [7, 11) is 0. The van der Waals surface area contributed by atoms with Gasteiger partial charge in [-0.25, -0.2) is 18.7 Å². The number of hydrogen-bond donors (Lipinski definition) is 0. The smallest absolute Gasteiger partial charge is 0.263 e. The van der Waals surface area contributed by atoms with Crippen molar-refractivity contribution in [2.75, 3.05) is 9.91 Å². The Labute approximate surface area is 141 Å². The van der Waals surface area contributed by atoms with Gasteiger partial charge < -0.3 is 0 Å². The van der Waals surface area contributed by atoms with E-state index < -0.39 is 35.5 Å². The summed E-state index contributed by atoms with van der Waals surface area (Å²) >= 11 is 0. The van der Waals surface area contributed by atoms with E-state index in [-0.39, 0.29) is 5.69 Å². The molecule has 0 aromatic heterocycles. The molecule has 0 unspecified atom stereocenters. The van der Waals surface area contributed by atoms with Gasteiger partial charge in [0.2, 0.25) is 0 Å². The van der Waals surface area contributed by atoms with Crippen molar-refractivity contribution in [3.05, 3.63) is 59.7 Å². The Morgan fingerprint density at radius 3 is 2.52 bits per heavy atom. The minimum Gasteiger partial charge on any atom is -0.271 e. The second kappa shape index (κ2) is 5.44. The maximum atomic E-state index is 13.8. The third kappa shape index (κ3) is 2.29. The van der Waals surface area contributed by atoms with E-state index in [9.17, 15) is 18.4 Å². The molecule has 25 heavy (non-hydrogen) atoms. The van der Waals surface area contributed by atoms with Gasteiger partial charge in [0.15, 0.2) is 12.1 Å². The molecule has 1 saturated heterocycles. The summed E-state index contributed by atoms with van der Waals surface area (Å²) in [5.41, 5.74) is 0.861. The molecule has 126 valence electrons. The van der Waals surface area contributed by atoms with Gasteiger partial charge in [-0.2, -0.15) is 5.11 Å². The SMILES string of the molecule is Cc1ccc(N2C(=O)[C@@H]3[C@@H](N=NN3c3cccc(F)c3)C2=O)cc1F. The Morgan fingerprint density at radius 1 is 1.00 bits per heavy atom. The average Bonchev–Trinajstić information content (AvgIpc) is 3.12. The van der Waals surface area contributed by atoms with E-state index in [0.29, 0.717) is 11.3 Å². The van der Waals surface area contributed by atoms with Crippen molar-refractivity contribution in [2.45, 2.75) is 19.0 Å². The van der Waals surface area contributed by atoms with Crippen molar-refractivity contribution in [2.24, 2.45) is 10.3 Å². The number of nitrogens with zero attached hydrogens (tertiary/aromatic N) is 4. The minimum atomic E-state index is -1.03. The first-order valence-corrected chi connectivity index (χ1v) is 7.57. The minimum absolute atomic E-state index is 0.141. The third-order valence-electron chi connectivity index (χ3n) is 4.27. The highest BCUT2D eigenvalue weighted by molar-refractivity contribution is 6.26. The third-order valence-corrected chi connectivity index (χ3v) is 4.27. The monoisotopic (exact) mass is 342 g/mol. The molecule has 0 saturated carbocycles. The van der Waals surface area contributed by atoms with Crippen molar-refractivity contribution in [3.8, 4) is 0 Å². The molecule has 0 bridgehead atoms. The zero-order valence-corrected chi connectivity index (χ0v) is 13.1. The van der Waals surface area contributed by atoms with Gasteiger partial charge in [0, 0.05) is 0 Å². The van der Waals surface area contributed by atoms with E-state index in [1.165, 1.54) is 35.3 Å². The lowest BCUT2D eigenvalue weighted by Gasteiger charge is -2.20. The number of anilines is 2. The van der Waals surface area contributed by atoms with E-state index in [2.05, 4.69) is 10.3 Å². The second-order valence-electron chi connectivity index (χ2n) is 5.86. The summed E-state index contributed by atoms with van der Waals surface area (Å²) < 4.78 is 27.3. The number of fused-ring (bicyclic) bond motifs is 1. The molecule has 2 amide bonds. The number of rotatable bonds is 2. The summed E-state index contributed by atoms with van der Waals surface area (Å²) in [6, 6.07) is 7.60. The van der Waals surface area contributed by atoms with Crippen LogP contribution in [0, 0.1) is 18.6 Å². The number of benzene rings is 2. The maximum Gasteiger partial charge on any atom is 0.263 e. The number of imide groups is 1. The first kappa shape index (κ1) is 15.4. The highest BCUT2D eigenvalue weighted by Gasteiger charge is 2.55. The topological polar surface area (TPSA) is 65.3 Å². The summed E-state index contributed by atoms with van der Waals surface area (Å²) in [5, 5.41) is 8.92. The molecule has 0 N–H and O–H groups in total. The molecule has 6 nitrogen and oxygen atoms in total. The fourth-order valence-corrected chi connectivity index (χ4v) is 2.97. The van der Waals surface area contributed by atoms with Crippen molar-refractivity contribution >= 4 is 23.2 Å². The van der Waals surface area contributed by atoms with Crippen LogP contribution in [-0.2, 0) is 9.59 Å². The Bertz CT molecular complexity index is 931. The summed E-state index contributed by atoms with van der Waals surface area (Å²) in [6.45, 7) is 1.58. The van der Waals surface area contributed by atoms with Crippen molar-refractivity contribution in [3.63, 3.8) is 0 Å². The number of hydrogen-bond acceptors (Lipinski definition) is 5. The predicted molar refractivity (Wildman–Crippen MR) is 84.9 cm³/mol. The fraction of sp³-hybridized carbons (Fsp3) is 0.176. The first-order valence-electron chi connectivity index (χ1n) is 7.57.